The van der Waals surface area contributed by atoms with Crippen molar-refractivity contribution in [1.29, 1.82) is 0 Å². The Kier molecular flexibility index (Phi) is 8.44. The maximum absolute atomic E-state index is 14.1. The maximum atomic E-state index is 14.1. The molecule has 0 saturated carbocycles. The Morgan fingerprint density at radius 2 is 1.69 bits per heavy atom. The number of nitrogens with one attached hydrogen (secondary N) is 1. The van der Waals surface area contributed by atoms with Crippen LogP contribution in [0.25, 0.3) is 0 Å². The van der Waals surface area contributed by atoms with Gasteiger partial charge in [0.1, 0.15) is 11.6 Å². The highest BCUT2D eigenvalue weighted by Crippen LogP contribution is 2.34. The lowest BCUT2D eigenvalue weighted by atomic mass is 9.89. The Hall–Kier alpha value is -3.58. The summed E-state index contributed by atoms with van der Waals surface area (Å²) in [4.78, 5) is 15.1. The highest BCUT2D eigenvalue weighted by atomic mass is 19.1. The summed E-state index contributed by atoms with van der Waals surface area (Å²) < 4.78 is 30.2. The first-order chi connectivity index (χ1) is 17.5. The van der Waals surface area contributed by atoms with E-state index in [-0.39, 0.29) is 23.3 Å². The summed E-state index contributed by atoms with van der Waals surface area (Å²) in [7, 11) is 4.93. The molecule has 7 heteroatoms. The van der Waals surface area contributed by atoms with Gasteiger partial charge in [-0.05, 0) is 59.9 Å². The molecule has 1 saturated heterocycles. The summed E-state index contributed by atoms with van der Waals surface area (Å²) >= 11 is 0. The van der Waals surface area contributed by atoms with Gasteiger partial charge in [-0.1, -0.05) is 30.3 Å². The molecule has 6 nitrogen and oxygen atoms in total. The standard InChI is InChI=1S/C29H33FN2O4/c1-34-23-11-9-21(10-12-23)25-19-32(15-14-20-8-13-27(35-2)28(16-20)36-3)18-22(25)17-31-29(33)24-6-4-5-7-26(24)30/h4-13,16,22,25H,14-15,17-19H2,1-3H3,(H,31,33)/t22-,25+/m0/s1. The molecule has 0 bridgehead atoms. The van der Waals surface area contributed by atoms with Crippen LogP contribution in [0.15, 0.2) is 66.7 Å². The van der Waals surface area contributed by atoms with Gasteiger partial charge in [0.2, 0.25) is 0 Å². The van der Waals surface area contributed by atoms with Gasteiger partial charge in [-0.3, -0.25) is 4.79 Å². The minimum Gasteiger partial charge on any atom is -0.497 e. The van der Waals surface area contributed by atoms with Crippen LogP contribution in [-0.2, 0) is 6.42 Å². The Labute approximate surface area is 212 Å². The molecule has 1 fully saturated rings. The van der Waals surface area contributed by atoms with Crippen molar-refractivity contribution in [1.82, 2.24) is 10.2 Å². The number of methoxy groups -OCH3 is 3. The Bertz CT molecular complexity index is 1170. The smallest absolute Gasteiger partial charge is 0.254 e. The van der Waals surface area contributed by atoms with Crippen LogP contribution in [0.4, 0.5) is 4.39 Å². The molecule has 36 heavy (non-hydrogen) atoms. The van der Waals surface area contributed by atoms with Gasteiger partial charge < -0.3 is 24.4 Å². The van der Waals surface area contributed by atoms with Gasteiger partial charge >= 0.3 is 0 Å². The topological polar surface area (TPSA) is 60.0 Å². The van der Waals surface area contributed by atoms with Gasteiger partial charge in [0.05, 0.1) is 26.9 Å². The predicted octanol–water partition coefficient (Wildman–Crippen LogP) is 4.54. The average molecular weight is 493 g/mol. The molecule has 2 atom stereocenters. The van der Waals surface area contributed by atoms with Gasteiger partial charge in [0.15, 0.2) is 11.5 Å². The summed E-state index contributed by atoms with van der Waals surface area (Å²) in [5.41, 5.74) is 2.45. The van der Waals surface area contributed by atoms with Crippen LogP contribution in [0.3, 0.4) is 0 Å². The van der Waals surface area contributed by atoms with Crippen molar-refractivity contribution in [3.05, 3.63) is 89.2 Å². The van der Waals surface area contributed by atoms with Crippen LogP contribution in [0.1, 0.15) is 27.4 Å². The average Bonchev–Trinajstić information content (AvgIpc) is 3.33. The fourth-order valence-corrected chi connectivity index (χ4v) is 4.87. The second-order valence-electron chi connectivity index (χ2n) is 9.03. The number of rotatable bonds is 10. The zero-order chi connectivity index (χ0) is 25.5. The summed E-state index contributed by atoms with van der Waals surface area (Å²) in [6, 6.07) is 20.2. The number of benzene rings is 3. The normalized spacial score (nSPS) is 17.6. The van der Waals surface area contributed by atoms with E-state index in [0.717, 1.165) is 37.6 Å². The number of hydrogen-bond donors (Lipinski definition) is 1. The van der Waals surface area contributed by atoms with E-state index in [0.29, 0.717) is 12.3 Å². The highest BCUT2D eigenvalue weighted by molar-refractivity contribution is 5.94. The molecular formula is C29H33FN2O4. The molecule has 3 aromatic carbocycles. The number of carbonyl (C=O) groups is 1. The van der Waals surface area contributed by atoms with Crippen molar-refractivity contribution >= 4 is 5.91 Å². The van der Waals surface area contributed by atoms with Crippen molar-refractivity contribution in [2.45, 2.75) is 12.3 Å². The summed E-state index contributed by atoms with van der Waals surface area (Å²) in [5, 5.41) is 2.97. The fourth-order valence-electron chi connectivity index (χ4n) is 4.87. The molecule has 0 radical (unpaired) electrons. The quantitative estimate of drug-likeness (QED) is 0.450. The molecule has 0 spiro atoms. The van der Waals surface area contributed by atoms with Crippen molar-refractivity contribution in [3.63, 3.8) is 0 Å². The fraction of sp³-hybridized carbons (Fsp3) is 0.345. The van der Waals surface area contributed by atoms with E-state index in [4.69, 9.17) is 14.2 Å². The third-order valence-corrected chi connectivity index (χ3v) is 6.87. The molecule has 1 N–H and O–H groups in total. The molecule has 1 amide bonds. The lowest BCUT2D eigenvalue weighted by Gasteiger charge is -2.20. The Morgan fingerprint density at radius 1 is 0.944 bits per heavy atom. The number of hydrogen-bond acceptors (Lipinski definition) is 5. The third kappa shape index (κ3) is 5.97. The highest BCUT2D eigenvalue weighted by Gasteiger charge is 2.34. The number of ether oxygens (including phenoxy) is 3. The molecule has 0 unspecified atom stereocenters. The molecule has 4 rings (SSSR count). The van der Waals surface area contributed by atoms with Gasteiger partial charge in [-0.2, -0.15) is 0 Å². The lowest BCUT2D eigenvalue weighted by molar-refractivity contribution is 0.0942. The largest absolute Gasteiger partial charge is 0.497 e. The van der Waals surface area contributed by atoms with Gasteiger partial charge in [0, 0.05) is 32.1 Å². The molecule has 1 aliphatic heterocycles. The number of nitrogens with zero attached hydrogens (tertiary/aromatic N) is 1. The summed E-state index contributed by atoms with van der Waals surface area (Å²) in [6.07, 6.45) is 0.865. The van der Waals surface area contributed by atoms with Gasteiger partial charge in [-0.25, -0.2) is 4.39 Å². The van der Waals surface area contributed by atoms with Crippen LogP contribution in [0.5, 0.6) is 17.2 Å². The Morgan fingerprint density at radius 3 is 2.39 bits per heavy atom. The first-order valence-corrected chi connectivity index (χ1v) is 12.1. The van der Waals surface area contributed by atoms with Crippen molar-refractivity contribution in [2.24, 2.45) is 5.92 Å². The summed E-state index contributed by atoms with van der Waals surface area (Å²) in [5.74, 6) is 1.79. The van der Waals surface area contributed by atoms with E-state index in [1.165, 1.54) is 23.3 Å². The lowest BCUT2D eigenvalue weighted by Crippen LogP contribution is -2.33. The monoisotopic (exact) mass is 492 g/mol. The first kappa shape index (κ1) is 25.5. The molecule has 3 aromatic rings. The molecule has 0 aliphatic carbocycles. The number of carbonyl (C=O) groups excluding carboxylic acids is 1. The Balaban J connectivity index is 1.45. The minimum absolute atomic E-state index is 0.0711. The van der Waals surface area contributed by atoms with E-state index in [1.807, 2.05) is 24.3 Å². The van der Waals surface area contributed by atoms with Crippen LogP contribution in [0.2, 0.25) is 0 Å². The van der Waals surface area contributed by atoms with Crippen molar-refractivity contribution < 1.29 is 23.4 Å². The van der Waals surface area contributed by atoms with Crippen molar-refractivity contribution in [3.8, 4) is 17.2 Å². The third-order valence-electron chi connectivity index (χ3n) is 6.87. The SMILES string of the molecule is COc1ccc([C@H]2CN(CCc3ccc(OC)c(OC)c3)C[C@@H]2CNC(=O)c2ccccc2F)cc1. The second kappa shape index (κ2) is 11.9. The van der Waals surface area contributed by atoms with Crippen molar-refractivity contribution in [2.75, 3.05) is 47.5 Å². The van der Waals surface area contributed by atoms with Gasteiger partial charge in [-0.15, -0.1) is 0 Å². The number of halogens is 1. The van der Waals surface area contributed by atoms with Gasteiger partial charge in [0.25, 0.3) is 5.91 Å². The van der Waals surface area contributed by atoms with E-state index < -0.39 is 5.82 Å². The predicted molar refractivity (Wildman–Crippen MR) is 138 cm³/mol. The molecule has 1 aliphatic rings. The molecule has 0 aromatic heterocycles. The van der Waals surface area contributed by atoms with Crippen LogP contribution >= 0.6 is 0 Å². The van der Waals surface area contributed by atoms with Crippen LogP contribution < -0.4 is 19.5 Å². The zero-order valence-corrected chi connectivity index (χ0v) is 21.0. The second-order valence-corrected chi connectivity index (χ2v) is 9.03. The zero-order valence-electron chi connectivity index (χ0n) is 21.0. The minimum atomic E-state index is -0.510. The summed E-state index contributed by atoms with van der Waals surface area (Å²) in [6.45, 7) is 3.05. The van der Waals surface area contributed by atoms with E-state index in [9.17, 15) is 9.18 Å². The van der Waals surface area contributed by atoms with E-state index in [2.05, 4.69) is 28.4 Å². The number of likely N-dealkylation sites (tertiary alicyclic amines) is 1. The van der Waals surface area contributed by atoms with Crippen LogP contribution in [0, 0.1) is 11.7 Å². The maximum Gasteiger partial charge on any atom is 0.254 e. The molecule has 190 valence electrons. The van der Waals surface area contributed by atoms with E-state index >= 15 is 0 Å². The number of amides is 1. The molecule has 1 heterocycles. The van der Waals surface area contributed by atoms with E-state index in [1.54, 1.807) is 33.5 Å². The van der Waals surface area contributed by atoms with Crippen LogP contribution in [-0.4, -0.2) is 58.3 Å². The molecular weight excluding hydrogens is 459 g/mol. The first-order valence-electron chi connectivity index (χ1n) is 12.1.